The maximum atomic E-state index is 11.9. The highest BCUT2D eigenvalue weighted by Crippen LogP contribution is 2.34. The van der Waals surface area contributed by atoms with E-state index in [0.717, 1.165) is 19.2 Å². The molecular formula is C15H24N4O4S. The summed E-state index contributed by atoms with van der Waals surface area (Å²) >= 11 is 0. The van der Waals surface area contributed by atoms with Gasteiger partial charge in [-0.1, -0.05) is 13.8 Å². The zero-order valence-corrected chi connectivity index (χ0v) is 15.2. The molecule has 1 N–H and O–H groups in total. The van der Waals surface area contributed by atoms with E-state index in [1.165, 1.54) is 13.1 Å². The molecular weight excluding hydrogens is 332 g/mol. The lowest BCUT2D eigenvalue weighted by Gasteiger charge is -2.43. The molecule has 0 radical (unpaired) electrons. The summed E-state index contributed by atoms with van der Waals surface area (Å²) in [5, 5.41) is 11.5. The number of anilines is 1. The molecule has 0 bridgehead atoms. The molecule has 1 aromatic carbocycles. The summed E-state index contributed by atoms with van der Waals surface area (Å²) in [5.74, 6) is 0.313. The lowest BCUT2D eigenvalue weighted by atomic mass is 9.98. The molecule has 1 fully saturated rings. The minimum atomic E-state index is -3.72. The molecule has 8 nitrogen and oxygen atoms in total. The molecule has 0 saturated carbocycles. The van der Waals surface area contributed by atoms with Gasteiger partial charge < -0.3 is 9.80 Å². The third kappa shape index (κ3) is 3.68. The van der Waals surface area contributed by atoms with E-state index in [9.17, 15) is 18.5 Å². The van der Waals surface area contributed by atoms with Crippen molar-refractivity contribution in [2.24, 2.45) is 5.92 Å². The van der Waals surface area contributed by atoms with Crippen molar-refractivity contribution in [1.82, 2.24) is 9.62 Å². The Balaban J connectivity index is 2.51. The quantitative estimate of drug-likeness (QED) is 0.631. The molecule has 24 heavy (non-hydrogen) atoms. The van der Waals surface area contributed by atoms with Crippen LogP contribution in [0.2, 0.25) is 0 Å². The molecule has 134 valence electrons. The van der Waals surface area contributed by atoms with Gasteiger partial charge in [0.2, 0.25) is 10.0 Å². The van der Waals surface area contributed by atoms with Crippen LogP contribution in [0.5, 0.6) is 0 Å². The Morgan fingerprint density at radius 2 is 2.00 bits per heavy atom. The molecule has 0 aromatic heterocycles. The van der Waals surface area contributed by atoms with Crippen LogP contribution in [0, 0.1) is 16.0 Å². The zero-order valence-electron chi connectivity index (χ0n) is 14.4. The van der Waals surface area contributed by atoms with Gasteiger partial charge >= 0.3 is 0 Å². The number of nitrogens with one attached hydrogen (secondary N) is 1. The summed E-state index contributed by atoms with van der Waals surface area (Å²) in [6.45, 7) is 6.45. The van der Waals surface area contributed by atoms with Crippen LogP contribution >= 0.6 is 0 Å². The van der Waals surface area contributed by atoms with E-state index in [1.807, 2.05) is 11.9 Å². The Hall–Kier alpha value is -1.71. The zero-order chi connectivity index (χ0) is 18.1. The SMILES string of the molecule is CNS(=O)(=O)c1ccc(N2CCN(C)CC2C(C)C)c([N+](=O)[O-])c1. The molecule has 1 unspecified atom stereocenters. The van der Waals surface area contributed by atoms with Gasteiger partial charge in [0.05, 0.1) is 9.82 Å². The summed E-state index contributed by atoms with van der Waals surface area (Å²) in [6.07, 6.45) is 0. The smallest absolute Gasteiger partial charge is 0.293 e. The lowest BCUT2D eigenvalue weighted by molar-refractivity contribution is -0.384. The molecule has 1 saturated heterocycles. The molecule has 1 atom stereocenters. The number of hydrogen-bond acceptors (Lipinski definition) is 6. The van der Waals surface area contributed by atoms with E-state index >= 15 is 0 Å². The fraction of sp³-hybridized carbons (Fsp3) is 0.600. The van der Waals surface area contributed by atoms with E-state index in [4.69, 9.17) is 0 Å². The first-order valence-corrected chi connectivity index (χ1v) is 9.33. The molecule has 0 spiro atoms. The Labute approximate surface area is 142 Å². The third-order valence-corrected chi connectivity index (χ3v) is 5.84. The molecule has 1 aromatic rings. The largest absolute Gasteiger partial charge is 0.360 e. The Morgan fingerprint density at radius 3 is 2.54 bits per heavy atom. The van der Waals surface area contributed by atoms with E-state index in [2.05, 4.69) is 23.5 Å². The second-order valence-corrected chi connectivity index (χ2v) is 8.27. The fourth-order valence-electron chi connectivity index (χ4n) is 3.00. The predicted molar refractivity (Wildman–Crippen MR) is 92.8 cm³/mol. The van der Waals surface area contributed by atoms with Crippen molar-refractivity contribution in [3.05, 3.63) is 28.3 Å². The van der Waals surface area contributed by atoms with Gasteiger partial charge in [0, 0.05) is 31.7 Å². The van der Waals surface area contributed by atoms with Gasteiger partial charge in [0.15, 0.2) is 0 Å². The van der Waals surface area contributed by atoms with Crippen LogP contribution in [-0.4, -0.2) is 58.0 Å². The second-order valence-electron chi connectivity index (χ2n) is 6.38. The van der Waals surface area contributed by atoms with Crippen LogP contribution in [0.15, 0.2) is 23.1 Å². The number of sulfonamides is 1. The highest BCUT2D eigenvalue weighted by molar-refractivity contribution is 7.89. The fourth-order valence-corrected chi connectivity index (χ4v) is 3.75. The number of piperazine rings is 1. The van der Waals surface area contributed by atoms with Crippen LogP contribution in [0.25, 0.3) is 0 Å². The Bertz CT molecular complexity index is 720. The van der Waals surface area contributed by atoms with Gasteiger partial charge in [-0.05, 0) is 32.1 Å². The second kappa shape index (κ2) is 7.04. The van der Waals surface area contributed by atoms with Gasteiger partial charge in [-0.15, -0.1) is 0 Å². The number of nitrogens with zero attached hydrogens (tertiary/aromatic N) is 3. The summed E-state index contributed by atoms with van der Waals surface area (Å²) in [7, 11) is -0.408. The van der Waals surface area contributed by atoms with Crippen LogP contribution in [0.3, 0.4) is 0 Å². The van der Waals surface area contributed by atoms with Crippen LogP contribution in [0.1, 0.15) is 13.8 Å². The molecule has 2 rings (SSSR count). The average molecular weight is 356 g/mol. The van der Waals surface area contributed by atoms with Crippen molar-refractivity contribution in [2.45, 2.75) is 24.8 Å². The van der Waals surface area contributed by atoms with Crippen LogP contribution in [0.4, 0.5) is 11.4 Å². The molecule has 0 amide bonds. The first-order chi connectivity index (χ1) is 11.2. The number of benzene rings is 1. The topological polar surface area (TPSA) is 95.8 Å². The third-order valence-electron chi connectivity index (χ3n) is 4.42. The van der Waals surface area contributed by atoms with Gasteiger partial charge in [-0.3, -0.25) is 10.1 Å². The standard InChI is InChI=1S/C15H24N4O4S/c1-11(2)15-10-17(4)7-8-18(15)13-6-5-12(24(22,23)16-3)9-14(13)19(20)21/h5-6,9,11,15-16H,7-8,10H2,1-4H3. The van der Waals surface area contributed by atoms with E-state index in [-0.39, 0.29) is 16.6 Å². The van der Waals surface area contributed by atoms with Crippen molar-refractivity contribution < 1.29 is 13.3 Å². The van der Waals surface area contributed by atoms with Gasteiger partial charge in [-0.25, -0.2) is 13.1 Å². The molecule has 1 aliphatic rings. The number of likely N-dealkylation sites (N-methyl/N-ethyl adjacent to an activating group) is 1. The summed E-state index contributed by atoms with van der Waals surface area (Å²) in [5.41, 5.74) is 0.295. The maximum absolute atomic E-state index is 11.9. The van der Waals surface area contributed by atoms with Crippen LogP contribution in [-0.2, 0) is 10.0 Å². The van der Waals surface area contributed by atoms with E-state index < -0.39 is 14.9 Å². The Morgan fingerprint density at radius 1 is 1.33 bits per heavy atom. The number of hydrogen-bond donors (Lipinski definition) is 1. The average Bonchev–Trinajstić information content (AvgIpc) is 2.54. The van der Waals surface area contributed by atoms with Crippen LogP contribution < -0.4 is 9.62 Å². The summed E-state index contributed by atoms with van der Waals surface area (Å²) in [6, 6.07) is 4.23. The number of rotatable bonds is 5. The Kier molecular flexibility index (Phi) is 5.46. The maximum Gasteiger partial charge on any atom is 0.293 e. The highest BCUT2D eigenvalue weighted by atomic mass is 32.2. The van der Waals surface area contributed by atoms with E-state index in [1.54, 1.807) is 6.07 Å². The first kappa shape index (κ1) is 18.6. The first-order valence-electron chi connectivity index (χ1n) is 7.84. The van der Waals surface area contributed by atoms with Crippen molar-refractivity contribution >= 4 is 21.4 Å². The molecule has 9 heteroatoms. The monoisotopic (exact) mass is 356 g/mol. The van der Waals surface area contributed by atoms with E-state index in [0.29, 0.717) is 18.2 Å². The highest BCUT2D eigenvalue weighted by Gasteiger charge is 2.32. The lowest BCUT2D eigenvalue weighted by Crippen LogP contribution is -2.54. The predicted octanol–water partition coefficient (Wildman–Crippen LogP) is 1.28. The number of nitro groups is 1. The van der Waals surface area contributed by atoms with Crippen molar-refractivity contribution in [2.75, 3.05) is 38.6 Å². The van der Waals surface area contributed by atoms with Gasteiger partial charge in [-0.2, -0.15) is 0 Å². The van der Waals surface area contributed by atoms with Gasteiger partial charge in [0.1, 0.15) is 5.69 Å². The summed E-state index contributed by atoms with van der Waals surface area (Å²) < 4.78 is 26.0. The van der Waals surface area contributed by atoms with Crippen molar-refractivity contribution in [3.8, 4) is 0 Å². The minimum absolute atomic E-state index is 0.101. The molecule has 1 heterocycles. The van der Waals surface area contributed by atoms with Crippen molar-refractivity contribution in [3.63, 3.8) is 0 Å². The minimum Gasteiger partial charge on any atom is -0.360 e. The number of nitro benzene ring substituents is 1. The van der Waals surface area contributed by atoms with Gasteiger partial charge in [0.25, 0.3) is 5.69 Å². The molecule has 0 aliphatic carbocycles. The van der Waals surface area contributed by atoms with Crippen molar-refractivity contribution in [1.29, 1.82) is 0 Å². The normalized spacial score (nSPS) is 19.7. The molecule has 1 aliphatic heterocycles. The summed E-state index contributed by atoms with van der Waals surface area (Å²) in [4.78, 5) is 15.1.